The normalized spacial score (nSPS) is 16.0. The summed E-state index contributed by atoms with van der Waals surface area (Å²) in [5.74, 6) is 0.862. The highest BCUT2D eigenvalue weighted by atomic mass is 16.5. The van der Waals surface area contributed by atoms with E-state index in [0.29, 0.717) is 19.8 Å². The van der Waals surface area contributed by atoms with E-state index in [4.69, 9.17) is 9.47 Å². The molecule has 5 nitrogen and oxygen atoms in total. The first-order valence-electron chi connectivity index (χ1n) is 9.71. The molecule has 1 atom stereocenters. The number of unbranched alkanes of at least 4 members (excludes halogenated alkanes) is 1. The van der Waals surface area contributed by atoms with Crippen LogP contribution in [0.15, 0.2) is 48.5 Å². The summed E-state index contributed by atoms with van der Waals surface area (Å²) in [6.07, 6.45) is 1.81. The van der Waals surface area contributed by atoms with Crippen molar-refractivity contribution in [2.45, 2.75) is 32.9 Å². The van der Waals surface area contributed by atoms with E-state index in [0.717, 1.165) is 42.0 Å². The zero-order valence-electron chi connectivity index (χ0n) is 16.1. The van der Waals surface area contributed by atoms with Crippen LogP contribution in [0.2, 0.25) is 0 Å². The number of rotatable bonds is 9. The molecule has 0 aromatic heterocycles. The van der Waals surface area contributed by atoms with E-state index in [2.05, 4.69) is 12.2 Å². The van der Waals surface area contributed by atoms with E-state index in [1.807, 2.05) is 60.4 Å². The number of ether oxygens (including phenoxy) is 2. The Balaban J connectivity index is 1.83. The molecular formula is C22H28N2O3. The van der Waals surface area contributed by atoms with Crippen molar-refractivity contribution < 1.29 is 14.3 Å². The molecule has 0 radical (unpaired) electrons. The lowest BCUT2D eigenvalue weighted by atomic mass is 10.0. The van der Waals surface area contributed by atoms with E-state index in [9.17, 15) is 4.79 Å². The lowest BCUT2D eigenvalue weighted by Gasteiger charge is -2.38. The third-order valence-corrected chi connectivity index (χ3v) is 4.65. The monoisotopic (exact) mass is 368 g/mol. The van der Waals surface area contributed by atoms with Crippen molar-refractivity contribution in [1.82, 2.24) is 4.90 Å². The quantitative estimate of drug-likeness (QED) is 0.664. The van der Waals surface area contributed by atoms with Crippen LogP contribution in [0.1, 0.15) is 48.8 Å². The molecule has 1 amide bonds. The van der Waals surface area contributed by atoms with Crippen LogP contribution in [0.3, 0.4) is 0 Å². The van der Waals surface area contributed by atoms with Crippen molar-refractivity contribution in [3.05, 3.63) is 59.7 Å². The molecule has 27 heavy (non-hydrogen) atoms. The van der Waals surface area contributed by atoms with Gasteiger partial charge in [-0.3, -0.25) is 4.79 Å². The number of amides is 1. The van der Waals surface area contributed by atoms with E-state index < -0.39 is 0 Å². The van der Waals surface area contributed by atoms with Gasteiger partial charge in [0.1, 0.15) is 18.5 Å². The van der Waals surface area contributed by atoms with Crippen LogP contribution in [-0.2, 0) is 4.74 Å². The predicted octanol–water partition coefficient (Wildman–Crippen LogP) is 4.47. The summed E-state index contributed by atoms with van der Waals surface area (Å²) in [6.45, 7) is 6.58. The largest absolute Gasteiger partial charge is 0.491 e. The average molecular weight is 368 g/mol. The van der Waals surface area contributed by atoms with Gasteiger partial charge in [0.2, 0.25) is 0 Å². The van der Waals surface area contributed by atoms with Gasteiger partial charge in [0.05, 0.1) is 12.2 Å². The minimum absolute atomic E-state index is 0.0745. The van der Waals surface area contributed by atoms with Gasteiger partial charge >= 0.3 is 0 Å². The molecule has 0 bridgehead atoms. The van der Waals surface area contributed by atoms with Crippen LogP contribution in [0.4, 0.5) is 5.69 Å². The first-order chi connectivity index (χ1) is 13.2. The first kappa shape index (κ1) is 19.2. The molecule has 2 aromatic rings. The maximum Gasteiger partial charge on any atom is 0.257 e. The van der Waals surface area contributed by atoms with Gasteiger partial charge in [-0.2, -0.15) is 0 Å². The first-order valence-corrected chi connectivity index (χ1v) is 9.71. The Morgan fingerprint density at radius 2 is 1.93 bits per heavy atom. The van der Waals surface area contributed by atoms with Gasteiger partial charge in [0, 0.05) is 18.8 Å². The fraction of sp³-hybridized carbons (Fsp3) is 0.409. The summed E-state index contributed by atoms with van der Waals surface area (Å²) in [5, 5.41) is 3.53. The number of benzene rings is 2. The Kier molecular flexibility index (Phi) is 6.71. The van der Waals surface area contributed by atoms with Crippen LogP contribution in [0.5, 0.6) is 5.75 Å². The Labute approximate surface area is 161 Å². The summed E-state index contributed by atoms with van der Waals surface area (Å²) >= 11 is 0. The summed E-state index contributed by atoms with van der Waals surface area (Å²) in [4.78, 5) is 15.0. The van der Waals surface area contributed by atoms with Crippen molar-refractivity contribution >= 4 is 11.6 Å². The zero-order chi connectivity index (χ0) is 19.1. The van der Waals surface area contributed by atoms with Gasteiger partial charge in [-0.05, 0) is 43.2 Å². The summed E-state index contributed by atoms with van der Waals surface area (Å²) in [6, 6.07) is 15.6. The second-order valence-electron chi connectivity index (χ2n) is 6.56. The molecule has 1 aliphatic heterocycles. The fourth-order valence-electron chi connectivity index (χ4n) is 3.25. The van der Waals surface area contributed by atoms with Gasteiger partial charge in [0.15, 0.2) is 0 Å². The Bertz CT molecular complexity index is 763. The highest BCUT2D eigenvalue weighted by Crippen LogP contribution is 2.34. The molecule has 3 rings (SSSR count). The second kappa shape index (κ2) is 9.42. The fourth-order valence-corrected chi connectivity index (χ4v) is 3.25. The molecule has 0 fully saturated rings. The molecule has 5 heteroatoms. The second-order valence-corrected chi connectivity index (χ2v) is 6.56. The van der Waals surface area contributed by atoms with Gasteiger partial charge in [0.25, 0.3) is 5.91 Å². The molecule has 0 saturated heterocycles. The molecule has 2 aromatic carbocycles. The van der Waals surface area contributed by atoms with Crippen molar-refractivity contribution in [2.24, 2.45) is 0 Å². The van der Waals surface area contributed by atoms with Crippen LogP contribution in [0.25, 0.3) is 0 Å². The Hall–Kier alpha value is -2.53. The van der Waals surface area contributed by atoms with Crippen LogP contribution in [-0.4, -0.2) is 37.2 Å². The predicted molar refractivity (Wildman–Crippen MR) is 107 cm³/mol. The number of hydrogen-bond donors (Lipinski definition) is 1. The van der Waals surface area contributed by atoms with Gasteiger partial charge in [-0.25, -0.2) is 0 Å². The SMILES string of the molecule is CCCCN1C(=O)c2ccccc2NC1c1cccc(OCCOCC)c1. The minimum atomic E-state index is -0.200. The Morgan fingerprint density at radius 3 is 2.74 bits per heavy atom. The van der Waals surface area contributed by atoms with Crippen LogP contribution < -0.4 is 10.1 Å². The highest BCUT2D eigenvalue weighted by molar-refractivity contribution is 6.01. The molecule has 0 saturated carbocycles. The standard InChI is InChI=1S/C22H28N2O3/c1-3-5-13-24-21(23-20-12-7-6-11-19(20)22(24)25)17-9-8-10-18(16-17)27-15-14-26-4-2/h6-12,16,21,23H,3-5,13-15H2,1-2H3. The Morgan fingerprint density at radius 1 is 1.07 bits per heavy atom. The third-order valence-electron chi connectivity index (χ3n) is 4.65. The lowest BCUT2D eigenvalue weighted by Crippen LogP contribution is -2.43. The van der Waals surface area contributed by atoms with Gasteiger partial charge in [-0.1, -0.05) is 37.6 Å². The molecule has 1 heterocycles. The third kappa shape index (κ3) is 4.61. The topological polar surface area (TPSA) is 50.8 Å². The number of carbonyl (C=O) groups excluding carboxylic acids is 1. The van der Waals surface area contributed by atoms with Crippen molar-refractivity contribution in [3.8, 4) is 5.75 Å². The lowest BCUT2D eigenvalue weighted by molar-refractivity contribution is 0.0680. The summed E-state index contributed by atoms with van der Waals surface area (Å²) in [7, 11) is 0. The van der Waals surface area contributed by atoms with E-state index in [1.54, 1.807) is 0 Å². The van der Waals surface area contributed by atoms with Gasteiger partial charge < -0.3 is 19.7 Å². The molecule has 0 spiro atoms. The zero-order valence-corrected chi connectivity index (χ0v) is 16.1. The van der Waals surface area contributed by atoms with E-state index in [1.165, 1.54) is 0 Å². The van der Waals surface area contributed by atoms with Crippen molar-refractivity contribution in [1.29, 1.82) is 0 Å². The number of hydrogen-bond acceptors (Lipinski definition) is 4. The maximum absolute atomic E-state index is 13.1. The summed E-state index contributed by atoms with van der Waals surface area (Å²) in [5.41, 5.74) is 2.62. The van der Waals surface area contributed by atoms with E-state index in [-0.39, 0.29) is 12.1 Å². The molecular weight excluding hydrogens is 340 g/mol. The minimum Gasteiger partial charge on any atom is -0.491 e. The van der Waals surface area contributed by atoms with Gasteiger partial charge in [-0.15, -0.1) is 0 Å². The highest BCUT2D eigenvalue weighted by Gasteiger charge is 2.32. The molecule has 1 aliphatic rings. The van der Waals surface area contributed by atoms with Crippen LogP contribution in [0, 0.1) is 0 Å². The van der Waals surface area contributed by atoms with Crippen molar-refractivity contribution in [3.63, 3.8) is 0 Å². The molecule has 0 aliphatic carbocycles. The van der Waals surface area contributed by atoms with Crippen molar-refractivity contribution in [2.75, 3.05) is 31.7 Å². The van der Waals surface area contributed by atoms with Crippen LogP contribution >= 0.6 is 0 Å². The number of anilines is 1. The maximum atomic E-state index is 13.1. The smallest absolute Gasteiger partial charge is 0.257 e. The average Bonchev–Trinajstić information content (AvgIpc) is 2.71. The number of fused-ring (bicyclic) bond motifs is 1. The number of nitrogens with one attached hydrogen (secondary N) is 1. The molecule has 1 unspecified atom stereocenters. The number of nitrogens with zero attached hydrogens (tertiary/aromatic N) is 1. The molecule has 1 N–H and O–H groups in total. The number of para-hydroxylation sites is 1. The molecule has 144 valence electrons. The number of carbonyl (C=O) groups is 1. The van der Waals surface area contributed by atoms with E-state index >= 15 is 0 Å². The summed E-state index contributed by atoms with van der Waals surface area (Å²) < 4.78 is 11.1.